The van der Waals surface area contributed by atoms with Gasteiger partial charge in [0.2, 0.25) is 21.7 Å². The first kappa shape index (κ1) is 84.1. The molecule has 7 aromatic carbocycles. The Labute approximate surface area is 685 Å². The molecule has 8 heterocycles. The van der Waals surface area contributed by atoms with Crippen LogP contribution in [0.1, 0.15) is 181 Å². The molecule has 4 aliphatic rings. The maximum Gasteiger partial charge on any atom is 0.341 e. The molecule has 0 saturated heterocycles. The zero-order chi connectivity index (χ0) is 84.6. The van der Waals surface area contributed by atoms with Crippen molar-refractivity contribution >= 4 is 47.1 Å². The number of hydrogen-bond donors (Lipinski definition) is 4. The van der Waals surface area contributed by atoms with Crippen LogP contribution in [-0.2, 0) is 45.5 Å². The number of carboxylic acids is 2. The lowest BCUT2D eigenvalue weighted by Crippen LogP contribution is -2.45. The molecule has 4 amide bonds. The third-order valence-corrected chi connectivity index (χ3v) is 21.1. The number of hydrogen-bond acceptors (Lipinski definition) is 16. The number of aromatic carboxylic acids is 2. The van der Waals surface area contributed by atoms with Crippen LogP contribution in [0.2, 0.25) is 0 Å². The molecular weight excluding hydrogens is 1520 g/mol. The van der Waals surface area contributed by atoms with E-state index in [9.17, 15) is 72.9 Å². The maximum absolute atomic E-state index is 13.3. The fraction of sp³-hybridized carbons (Fsp3) is 0.247. The van der Waals surface area contributed by atoms with Crippen molar-refractivity contribution in [1.82, 2.24) is 38.3 Å². The summed E-state index contributed by atoms with van der Waals surface area (Å²) in [5.74, 6) is -6.09. The van der Waals surface area contributed by atoms with Crippen molar-refractivity contribution in [2.75, 3.05) is 45.8 Å². The van der Waals surface area contributed by atoms with Crippen molar-refractivity contribution in [3.8, 4) is 23.0 Å². The second kappa shape index (κ2) is 38.4. The van der Waals surface area contributed by atoms with E-state index < -0.39 is 56.4 Å². The molecule has 11 aromatic rings. The number of aromatic nitrogens is 4. The summed E-state index contributed by atoms with van der Waals surface area (Å²) in [6.45, 7) is 11.7. The monoisotopic (exact) mass is 1610 g/mol. The normalized spacial score (nSPS) is 15.6. The first-order valence-electron chi connectivity index (χ1n) is 39.1. The molecular formula is C93H90N8O18. The van der Waals surface area contributed by atoms with Gasteiger partial charge in [-0.05, 0) is 99.2 Å². The molecule has 610 valence electrons. The van der Waals surface area contributed by atoms with Crippen molar-refractivity contribution in [3.63, 3.8) is 0 Å². The minimum atomic E-state index is -1.43. The van der Waals surface area contributed by atoms with E-state index in [4.69, 9.17) is 14.2 Å². The van der Waals surface area contributed by atoms with Gasteiger partial charge in [-0.2, -0.15) is 0 Å². The van der Waals surface area contributed by atoms with Crippen LogP contribution >= 0.6 is 0 Å². The number of amides is 4. The number of nitrogens with one attached hydrogen (secondary N) is 1. The molecule has 15 rings (SSSR count). The van der Waals surface area contributed by atoms with E-state index in [-0.39, 0.29) is 124 Å². The Kier molecular flexibility index (Phi) is 27.2. The average Bonchev–Trinajstić information content (AvgIpc) is 0.748. The summed E-state index contributed by atoms with van der Waals surface area (Å²) in [6, 6.07) is 66.4. The largest absolute Gasteiger partial charge is 0.503 e. The maximum atomic E-state index is 13.3. The highest BCUT2D eigenvalue weighted by atomic mass is 16.5. The van der Waals surface area contributed by atoms with Gasteiger partial charge in [-0.25, -0.2) is 9.59 Å². The van der Waals surface area contributed by atoms with Crippen LogP contribution in [0.4, 0.5) is 0 Å². The van der Waals surface area contributed by atoms with Crippen molar-refractivity contribution < 1.29 is 67.9 Å². The van der Waals surface area contributed by atoms with Crippen LogP contribution in [0, 0.1) is 0 Å². The predicted octanol–water partition coefficient (Wildman–Crippen LogP) is 11.9. The molecule has 0 aliphatic carbocycles. The fourth-order valence-electron chi connectivity index (χ4n) is 15.0. The number of ether oxygens (including phenoxy) is 3. The Morgan fingerprint density at radius 2 is 0.597 bits per heavy atom. The van der Waals surface area contributed by atoms with Crippen LogP contribution in [0.5, 0.6) is 23.0 Å². The Morgan fingerprint density at radius 1 is 0.345 bits per heavy atom. The van der Waals surface area contributed by atoms with E-state index in [1.54, 1.807) is 28.4 Å². The fourth-order valence-corrected chi connectivity index (χ4v) is 15.0. The van der Waals surface area contributed by atoms with Crippen molar-refractivity contribution in [2.45, 2.75) is 104 Å². The van der Waals surface area contributed by atoms with Gasteiger partial charge in [-0.15, -0.1) is 0 Å². The van der Waals surface area contributed by atoms with E-state index in [0.717, 1.165) is 45.1 Å². The number of benzene rings is 7. The van der Waals surface area contributed by atoms with Crippen LogP contribution in [0.25, 0.3) is 0 Å². The molecule has 4 N–H and O–H groups in total. The Hall–Kier alpha value is -14.3. The average molecular weight is 1610 g/mol. The Morgan fingerprint density at radius 3 is 0.899 bits per heavy atom. The number of Topliss-reactive ketones (excluding diaryl/α,β-unsaturated/α-hetero) is 2. The summed E-state index contributed by atoms with van der Waals surface area (Å²) in [6.07, 6.45) is 7.92. The number of fused-ring (bicyclic) bond motifs is 4. The van der Waals surface area contributed by atoms with Gasteiger partial charge in [0.25, 0.3) is 23.6 Å². The van der Waals surface area contributed by atoms with E-state index in [2.05, 4.69) is 5.32 Å². The molecule has 4 aliphatic heterocycles. The quantitative estimate of drug-likeness (QED) is 0.0408. The van der Waals surface area contributed by atoms with Gasteiger partial charge in [-0.1, -0.05) is 212 Å². The van der Waals surface area contributed by atoms with Crippen molar-refractivity contribution in [3.05, 3.63) is 362 Å². The standard InChI is InChI=1S/C26H26N2O4.C25H24N2O5.C24H22N2O4.C18H18N2O5/c1-3-27-15-21(14-19-10-6-4-7-11-19)28-16-22(18(2)29)24(30)25(23(28)26(27)31)32-17-20-12-8-5-9-13-20;1-2-26-14-19(13-17-9-5-3-6-10-17)27-15-20(25(30)31)22(28)23(21(27)24(26)29)32-16-18-11-7-4-8-12-18;1-16(27)20-14-26-19(12-17-8-4-2-5-9-17)13-25-24(29)21(26)23(22(20)28)30-15-18-10-6-3-7-11-18;1-2-19-9-12(8-11-6-4-3-5-7-11)20-10-13(18(24)25)15(21)16(22)14(20)17(19)23/h4-13,16,21H,3,14-15,17H2,1-2H3;3-12,15,19H,2,13-14,16H2,1H3,(H,30,31);2-11,14,19H,12-13,15H2,1H3,(H,25,29);3-7,10,12,22H,2,8-9H2,1H3,(H,24,25). The summed E-state index contributed by atoms with van der Waals surface area (Å²) >= 11 is 0. The Balaban J connectivity index is 0.000000146. The van der Waals surface area contributed by atoms with Crippen LogP contribution in [0.15, 0.2) is 256 Å². The third kappa shape index (κ3) is 19.3. The molecule has 0 saturated carbocycles. The number of nitrogens with zero attached hydrogens (tertiary/aromatic N) is 7. The lowest BCUT2D eigenvalue weighted by molar-refractivity contribution is 0.0649. The highest BCUT2D eigenvalue weighted by Gasteiger charge is 2.40. The highest BCUT2D eigenvalue weighted by Crippen LogP contribution is 2.35. The number of carbonyl (C=O) groups is 8. The smallest absolute Gasteiger partial charge is 0.341 e. The number of pyridine rings is 4. The van der Waals surface area contributed by atoms with E-state index in [1.807, 2.05) is 233 Å². The van der Waals surface area contributed by atoms with E-state index in [0.29, 0.717) is 71.5 Å². The predicted molar refractivity (Wildman–Crippen MR) is 445 cm³/mol. The number of aromatic hydroxyl groups is 1. The molecule has 0 radical (unpaired) electrons. The molecule has 0 fully saturated rings. The topological polar surface area (TPSA) is 335 Å². The lowest BCUT2D eigenvalue weighted by atomic mass is 10.0. The minimum absolute atomic E-state index is 0.0228. The molecule has 26 heteroatoms. The number of rotatable bonds is 24. The highest BCUT2D eigenvalue weighted by molar-refractivity contribution is 6.01. The minimum Gasteiger partial charge on any atom is -0.503 e. The second-order valence-corrected chi connectivity index (χ2v) is 29.0. The first-order valence-corrected chi connectivity index (χ1v) is 39.1. The number of likely N-dealkylation sites (N-methyl/N-ethyl adjacent to an activating group) is 3. The van der Waals surface area contributed by atoms with E-state index >= 15 is 0 Å². The van der Waals surface area contributed by atoms with Gasteiger partial charge in [0.1, 0.15) is 30.9 Å². The molecule has 119 heavy (non-hydrogen) atoms. The summed E-state index contributed by atoms with van der Waals surface area (Å²) in [4.78, 5) is 156. The van der Waals surface area contributed by atoms with Gasteiger partial charge >= 0.3 is 11.9 Å². The van der Waals surface area contributed by atoms with Crippen LogP contribution in [0.3, 0.4) is 0 Å². The van der Waals surface area contributed by atoms with Crippen LogP contribution in [-0.4, -0.2) is 141 Å². The summed E-state index contributed by atoms with van der Waals surface area (Å²) < 4.78 is 24.2. The molecule has 4 aromatic heterocycles. The van der Waals surface area contributed by atoms with Crippen molar-refractivity contribution in [1.29, 1.82) is 0 Å². The molecule has 26 nitrogen and oxygen atoms in total. The summed E-state index contributed by atoms with van der Waals surface area (Å²) in [5.41, 5.74) is 3.33. The zero-order valence-electron chi connectivity index (χ0n) is 66.3. The second-order valence-electron chi connectivity index (χ2n) is 29.0. The Bertz CT molecular complexity index is 5630. The first-order chi connectivity index (χ1) is 57.5. The SMILES string of the molecule is CC(=O)c1cn2c(c(OCc3ccccc3)c1=O)C(=O)NCC2Cc1ccccc1.CCN1CC(Cc2ccccc2)n2cc(C(=O)O)c(=O)c(O)c2C1=O.CCN1CC(Cc2ccccc2)n2cc(C(=O)O)c(=O)c(OCc3ccccc3)c2C1=O.CCN1CC(Cc2ccccc2)n2cc(C(C)=O)c(=O)c(OCc3ccccc3)c2C1=O. The third-order valence-electron chi connectivity index (χ3n) is 21.1. The number of ketones is 2. The number of carboxylic acid groups (broad SMARTS) is 2. The summed E-state index contributed by atoms with van der Waals surface area (Å²) in [5, 5.41) is 31.9. The van der Waals surface area contributed by atoms with Gasteiger partial charge < -0.3 is 67.8 Å². The summed E-state index contributed by atoms with van der Waals surface area (Å²) in [7, 11) is 0. The van der Waals surface area contributed by atoms with Crippen molar-refractivity contribution in [2.24, 2.45) is 0 Å². The van der Waals surface area contributed by atoms with Gasteiger partial charge in [-0.3, -0.25) is 47.9 Å². The van der Waals surface area contributed by atoms with Gasteiger partial charge in [0.15, 0.2) is 57.3 Å². The van der Waals surface area contributed by atoms with Crippen LogP contribution < -0.4 is 41.2 Å². The molecule has 0 bridgehead atoms. The van der Waals surface area contributed by atoms with E-state index in [1.165, 1.54) is 37.0 Å². The van der Waals surface area contributed by atoms with Gasteiger partial charge in [0, 0.05) is 70.6 Å². The molecule has 0 spiro atoms. The molecule has 4 atom stereocenters. The lowest BCUT2D eigenvalue weighted by Gasteiger charge is -2.36. The van der Waals surface area contributed by atoms with Gasteiger partial charge in [0.05, 0.1) is 35.3 Å². The number of carbonyl (C=O) groups excluding carboxylic acids is 6. The zero-order valence-corrected chi connectivity index (χ0v) is 66.3. The molecule has 4 unspecified atom stereocenters.